The van der Waals surface area contributed by atoms with Crippen molar-refractivity contribution in [3.63, 3.8) is 0 Å². The van der Waals surface area contributed by atoms with E-state index in [1.165, 1.54) is 0 Å². The zero-order valence-corrected chi connectivity index (χ0v) is 21.3. The molecule has 2 amide bonds. The summed E-state index contributed by atoms with van der Waals surface area (Å²) in [7, 11) is 0. The van der Waals surface area contributed by atoms with E-state index in [9.17, 15) is 14.4 Å². The number of hydrogen-bond donors (Lipinski definition) is 0. The third-order valence-corrected chi connectivity index (χ3v) is 7.36. The van der Waals surface area contributed by atoms with Gasteiger partial charge in [-0.25, -0.2) is 0 Å². The Morgan fingerprint density at radius 2 is 1.89 bits per heavy atom. The molecule has 0 saturated carbocycles. The molecule has 0 bridgehead atoms. The van der Waals surface area contributed by atoms with Gasteiger partial charge >= 0.3 is 0 Å². The topological polar surface area (TPSA) is 83.5 Å². The maximum absolute atomic E-state index is 14.0. The van der Waals surface area contributed by atoms with Crippen molar-refractivity contribution in [3.8, 4) is 11.3 Å². The monoisotopic (exact) mass is 496 g/mol. The summed E-state index contributed by atoms with van der Waals surface area (Å²) in [6.07, 6.45) is 6.60. The van der Waals surface area contributed by atoms with E-state index in [1.54, 1.807) is 34.5 Å². The normalized spacial score (nSPS) is 19.8. The molecule has 2 aliphatic heterocycles. The Morgan fingerprint density at radius 1 is 1.03 bits per heavy atom. The van der Waals surface area contributed by atoms with Crippen LogP contribution in [0.5, 0.6) is 0 Å². The molecule has 3 unspecified atom stereocenters. The van der Waals surface area contributed by atoms with Gasteiger partial charge < -0.3 is 9.80 Å². The summed E-state index contributed by atoms with van der Waals surface area (Å²) in [5, 5.41) is 0. The molecule has 4 heterocycles. The highest BCUT2D eigenvalue weighted by atomic mass is 16.2. The van der Waals surface area contributed by atoms with E-state index < -0.39 is 6.04 Å². The van der Waals surface area contributed by atoms with Crippen LogP contribution in [0.2, 0.25) is 0 Å². The van der Waals surface area contributed by atoms with Crippen molar-refractivity contribution in [2.45, 2.75) is 51.1 Å². The molecule has 2 aromatic heterocycles. The Balaban J connectivity index is 1.37. The molecule has 0 radical (unpaired) electrons. The zero-order chi connectivity index (χ0) is 25.9. The summed E-state index contributed by atoms with van der Waals surface area (Å²) in [5.41, 5.74) is 3.57. The molecule has 2 aliphatic rings. The number of rotatable bonds is 7. The Bertz CT molecular complexity index is 1280. The minimum Gasteiger partial charge on any atom is -0.330 e. The van der Waals surface area contributed by atoms with Gasteiger partial charge in [-0.05, 0) is 54.2 Å². The molecule has 2 fully saturated rings. The van der Waals surface area contributed by atoms with Gasteiger partial charge in [0.2, 0.25) is 11.8 Å². The number of carbonyl (C=O) groups is 3. The van der Waals surface area contributed by atoms with Crippen LogP contribution in [-0.4, -0.2) is 62.5 Å². The summed E-state index contributed by atoms with van der Waals surface area (Å²) in [5.74, 6) is -0.252. The quantitative estimate of drug-likeness (QED) is 0.496. The minimum absolute atomic E-state index is 0.0331. The van der Waals surface area contributed by atoms with Crippen LogP contribution in [0.3, 0.4) is 0 Å². The Morgan fingerprint density at radius 3 is 2.62 bits per heavy atom. The first kappa shape index (κ1) is 24.8. The number of fused-ring (bicyclic) bond motifs is 1. The van der Waals surface area contributed by atoms with E-state index in [0.29, 0.717) is 25.3 Å². The lowest BCUT2D eigenvalue weighted by molar-refractivity contribution is -0.138. The second-order valence-corrected chi connectivity index (χ2v) is 10.4. The molecular weight excluding hydrogens is 464 g/mol. The predicted octanol–water partition coefficient (Wildman–Crippen LogP) is 3.90. The van der Waals surface area contributed by atoms with Crippen LogP contribution in [0.4, 0.5) is 0 Å². The average molecular weight is 497 g/mol. The van der Waals surface area contributed by atoms with Gasteiger partial charge in [0.15, 0.2) is 5.78 Å². The van der Waals surface area contributed by atoms with Crippen molar-refractivity contribution in [1.82, 2.24) is 19.8 Å². The lowest BCUT2D eigenvalue weighted by atomic mass is 9.87. The molecule has 190 valence electrons. The van der Waals surface area contributed by atoms with Crippen molar-refractivity contribution < 1.29 is 14.4 Å². The molecule has 0 N–H and O–H groups in total. The highest BCUT2D eigenvalue weighted by Gasteiger charge is 2.52. The van der Waals surface area contributed by atoms with Crippen molar-refractivity contribution in [2.75, 3.05) is 13.1 Å². The van der Waals surface area contributed by atoms with Crippen LogP contribution in [0, 0.1) is 5.92 Å². The number of aromatic nitrogens is 2. The lowest BCUT2D eigenvalue weighted by Crippen LogP contribution is -2.45. The molecule has 1 aromatic carbocycles. The van der Waals surface area contributed by atoms with E-state index in [0.717, 1.165) is 22.4 Å². The number of ketones is 1. The number of benzene rings is 1. The van der Waals surface area contributed by atoms with E-state index in [4.69, 9.17) is 0 Å². The first-order valence-electron chi connectivity index (χ1n) is 13.0. The number of carbonyl (C=O) groups excluding carboxylic acids is 3. The van der Waals surface area contributed by atoms with Crippen LogP contribution in [-0.2, 0) is 20.8 Å². The Labute approximate surface area is 217 Å². The molecule has 0 spiro atoms. The van der Waals surface area contributed by atoms with Crippen LogP contribution in [0.1, 0.15) is 43.7 Å². The lowest BCUT2D eigenvalue weighted by Gasteiger charge is -2.29. The average Bonchev–Trinajstić information content (AvgIpc) is 3.49. The van der Waals surface area contributed by atoms with Gasteiger partial charge in [0.25, 0.3) is 0 Å². The largest absolute Gasteiger partial charge is 0.330 e. The van der Waals surface area contributed by atoms with Gasteiger partial charge in [-0.3, -0.25) is 24.4 Å². The van der Waals surface area contributed by atoms with Crippen LogP contribution < -0.4 is 0 Å². The first-order valence-corrected chi connectivity index (χ1v) is 13.0. The summed E-state index contributed by atoms with van der Waals surface area (Å²) < 4.78 is 0. The molecule has 7 nitrogen and oxygen atoms in total. The third kappa shape index (κ3) is 5.17. The number of amides is 2. The van der Waals surface area contributed by atoms with Crippen LogP contribution in [0.25, 0.3) is 11.3 Å². The Kier molecular flexibility index (Phi) is 7.12. The summed E-state index contributed by atoms with van der Waals surface area (Å²) >= 11 is 0. The SMILES string of the molecule is CC(C)CC(C(=O)N1CCC2C1C(=O)CN2C(=O)Cc1cccnc1)c1cccc(-c2ccccn2)c1. The van der Waals surface area contributed by atoms with Gasteiger partial charge in [0.05, 0.1) is 30.6 Å². The van der Waals surface area contributed by atoms with Crippen LogP contribution in [0.15, 0.2) is 73.2 Å². The van der Waals surface area contributed by atoms with Gasteiger partial charge in [0.1, 0.15) is 6.04 Å². The summed E-state index contributed by atoms with van der Waals surface area (Å²) in [6.45, 7) is 4.75. The van der Waals surface area contributed by atoms with Gasteiger partial charge in [0, 0.05) is 30.7 Å². The summed E-state index contributed by atoms with van der Waals surface area (Å²) in [6, 6.07) is 16.6. The van der Waals surface area contributed by atoms with Gasteiger partial charge in [-0.1, -0.05) is 44.2 Å². The van der Waals surface area contributed by atoms with E-state index >= 15 is 0 Å². The minimum atomic E-state index is -0.570. The fraction of sp³-hybridized carbons (Fsp3) is 0.367. The fourth-order valence-electron chi connectivity index (χ4n) is 5.67. The predicted molar refractivity (Wildman–Crippen MR) is 140 cm³/mol. The highest BCUT2D eigenvalue weighted by Crippen LogP contribution is 2.35. The first-order chi connectivity index (χ1) is 17.9. The maximum Gasteiger partial charge on any atom is 0.230 e. The summed E-state index contributed by atoms with van der Waals surface area (Å²) in [4.78, 5) is 52.2. The number of pyridine rings is 2. The third-order valence-electron chi connectivity index (χ3n) is 7.36. The van der Waals surface area contributed by atoms with E-state index in [1.807, 2.05) is 48.5 Å². The fourth-order valence-corrected chi connectivity index (χ4v) is 5.67. The van der Waals surface area contributed by atoms with Crippen molar-refractivity contribution >= 4 is 17.6 Å². The smallest absolute Gasteiger partial charge is 0.230 e. The molecule has 0 aliphatic carbocycles. The highest BCUT2D eigenvalue weighted by molar-refractivity contribution is 5.98. The molecule has 2 saturated heterocycles. The Hall–Kier alpha value is -3.87. The maximum atomic E-state index is 14.0. The van der Waals surface area contributed by atoms with E-state index in [-0.39, 0.29) is 42.5 Å². The molecule has 7 heteroatoms. The second-order valence-electron chi connectivity index (χ2n) is 10.4. The van der Waals surface area contributed by atoms with E-state index in [2.05, 4.69) is 23.8 Å². The number of likely N-dealkylation sites (tertiary alicyclic amines) is 2. The number of nitrogens with zero attached hydrogens (tertiary/aromatic N) is 4. The number of Topliss-reactive ketones (excluding diaryl/α,β-unsaturated/α-hetero) is 1. The second kappa shape index (κ2) is 10.6. The molecule has 37 heavy (non-hydrogen) atoms. The molecule has 5 rings (SSSR count). The number of hydrogen-bond acceptors (Lipinski definition) is 5. The standard InChI is InChI=1S/C30H32N4O3/c1-20(2)15-24(22-8-5-9-23(17-22)25-10-3-4-13-32-25)30(37)33-14-11-26-29(33)27(35)19-34(26)28(36)16-21-7-6-12-31-18-21/h3-10,12-13,17-18,20,24,26,29H,11,14-16,19H2,1-2H3. The zero-order valence-electron chi connectivity index (χ0n) is 21.3. The van der Waals surface area contributed by atoms with Crippen molar-refractivity contribution in [2.24, 2.45) is 5.92 Å². The van der Waals surface area contributed by atoms with Crippen molar-refractivity contribution in [1.29, 1.82) is 0 Å². The van der Waals surface area contributed by atoms with Crippen molar-refractivity contribution in [3.05, 3.63) is 84.3 Å². The van der Waals surface area contributed by atoms with Gasteiger partial charge in [-0.2, -0.15) is 0 Å². The van der Waals surface area contributed by atoms with Gasteiger partial charge in [-0.15, -0.1) is 0 Å². The molecular formula is C30H32N4O3. The molecule has 3 aromatic rings. The molecule has 3 atom stereocenters. The van der Waals surface area contributed by atoms with Crippen LogP contribution >= 0.6 is 0 Å².